The summed E-state index contributed by atoms with van der Waals surface area (Å²) >= 11 is 0. The van der Waals surface area contributed by atoms with Gasteiger partial charge in [0.15, 0.2) is 11.5 Å². The van der Waals surface area contributed by atoms with Gasteiger partial charge in [-0.25, -0.2) is 0 Å². The van der Waals surface area contributed by atoms with E-state index in [4.69, 9.17) is 9.26 Å². The van der Waals surface area contributed by atoms with Crippen molar-refractivity contribution in [3.05, 3.63) is 36.0 Å². The molecule has 2 heterocycles. The van der Waals surface area contributed by atoms with Crippen molar-refractivity contribution in [2.24, 2.45) is 5.92 Å². The smallest absolute Gasteiger partial charge is 0.276 e. The van der Waals surface area contributed by atoms with E-state index in [0.717, 1.165) is 30.8 Å². The average Bonchev–Trinajstić information content (AvgIpc) is 3.04. The summed E-state index contributed by atoms with van der Waals surface area (Å²) in [4.78, 5) is 14.3. The summed E-state index contributed by atoms with van der Waals surface area (Å²) in [6, 6.07) is 9.19. The fraction of sp³-hybridized carbons (Fsp3) is 0.412. The van der Waals surface area contributed by atoms with E-state index < -0.39 is 0 Å². The van der Waals surface area contributed by atoms with Crippen LogP contribution in [0.4, 0.5) is 0 Å². The monoisotopic (exact) mass is 300 g/mol. The molecule has 22 heavy (non-hydrogen) atoms. The third-order valence-electron chi connectivity index (χ3n) is 4.05. The predicted molar refractivity (Wildman–Crippen MR) is 82.8 cm³/mol. The summed E-state index contributed by atoms with van der Waals surface area (Å²) < 4.78 is 10.5. The van der Waals surface area contributed by atoms with E-state index in [1.54, 1.807) is 13.2 Å². The maximum absolute atomic E-state index is 12.5. The van der Waals surface area contributed by atoms with Gasteiger partial charge in [-0.15, -0.1) is 0 Å². The molecule has 116 valence electrons. The van der Waals surface area contributed by atoms with Crippen LogP contribution in [0.25, 0.3) is 11.3 Å². The van der Waals surface area contributed by atoms with Crippen molar-refractivity contribution in [2.75, 3.05) is 20.2 Å². The first-order chi connectivity index (χ1) is 10.7. The van der Waals surface area contributed by atoms with Crippen LogP contribution in [0.2, 0.25) is 0 Å². The molecule has 0 aliphatic carbocycles. The van der Waals surface area contributed by atoms with Gasteiger partial charge in [-0.3, -0.25) is 4.79 Å². The van der Waals surface area contributed by atoms with E-state index in [1.165, 1.54) is 6.42 Å². The van der Waals surface area contributed by atoms with Gasteiger partial charge in [0.05, 0.1) is 7.11 Å². The zero-order valence-electron chi connectivity index (χ0n) is 12.9. The molecule has 1 aromatic carbocycles. The van der Waals surface area contributed by atoms with E-state index in [2.05, 4.69) is 12.1 Å². The second-order valence-corrected chi connectivity index (χ2v) is 5.80. The van der Waals surface area contributed by atoms with Gasteiger partial charge in [-0.2, -0.15) is 0 Å². The normalized spacial score (nSPS) is 18.3. The fourth-order valence-electron chi connectivity index (χ4n) is 2.80. The number of carbonyl (C=O) groups excluding carboxylic acids is 1. The molecule has 5 heteroatoms. The Hall–Kier alpha value is -2.30. The molecule has 0 spiro atoms. The highest BCUT2D eigenvalue weighted by Crippen LogP contribution is 2.24. The lowest BCUT2D eigenvalue weighted by atomic mass is 10.00. The Morgan fingerprint density at radius 3 is 2.82 bits per heavy atom. The number of rotatable bonds is 3. The summed E-state index contributed by atoms with van der Waals surface area (Å²) in [5.74, 6) is 1.87. The largest absolute Gasteiger partial charge is 0.497 e. The molecule has 1 aliphatic rings. The summed E-state index contributed by atoms with van der Waals surface area (Å²) in [6.45, 7) is 3.77. The number of hydrogen-bond acceptors (Lipinski definition) is 4. The number of benzene rings is 1. The lowest BCUT2D eigenvalue weighted by Crippen LogP contribution is -2.39. The van der Waals surface area contributed by atoms with Gasteiger partial charge in [0.1, 0.15) is 5.75 Å². The lowest BCUT2D eigenvalue weighted by molar-refractivity contribution is 0.0672. The minimum atomic E-state index is -0.0462. The molecule has 2 aromatic rings. The summed E-state index contributed by atoms with van der Waals surface area (Å²) in [7, 11) is 1.62. The first kappa shape index (κ1) is 14.6. The Balaban J connectivity index is 1.76. The van der Waals surface area contributed by atoms with Crippen molar-refractivity contribution in [2.45, 2.75) is 19.8 Å². The van der Waals surface area contributed by atoms with Gasteiger partial charge >= 0.3 is 0 Å². The van der Waals surface area contributed by atoms with Gasteiger partial charge in [-0.1, -0.05) is 12.1 Å². The Bertz CT molecular complexity index is 648. The Morgan fingerprint density at radius 2 is 2.14 bits per heavy atom. The summed E-state index contributed by atoms with van der Waals surface area (Å²) in [5.41, 5.74) is 1.25. The Kier molecular flexibility index (Phi) is 4.13. The highest BCUT2D eigenvalue weighted by atomic mass is 16.5. The maximum atomic E-state index is 12.5. The van der Waals surface area contributed by atoms with Gasteiger partial charge in [-0.05, 0) is 43.0 Å². The zero-order chi connectivity index (χ0) is 15.5. The van der Waals surface area contributed by atoms with Crippen molar-refractivity contribution in [3.8, 4) is 17.1 Å². The number of aromatic nitrogens is 1. The molecule has 1 fully saturated rings. The number of ether oxygens (including phenoxy) is 1. The van der Waals surface area contributed by atoms with Crippen LogP contribution >= 0.6 is 0 Å². The number of hydrogen-bond donors (Lipinski definition) is 0. The fourth-order valence-corrected chi connectivity index (χ4v) is 2.80. The van der Waals surface area contributed by atoms with Gasteiger partial charge in [0.25, 0.3) is 5.91 Å². The molecule has 1 amide bonds. The quantitative estimate of drug-likeness (QED) is 0.873. The molecule has 1 saturated heterocycles. The van der Waals surface area contributed by atoms with Gasteiger partial charge < -0.3 is 14.2 Å². The van der Waals surface area contributed by atoms with Crippen molar-refractivity contribution in [1.29, 1.82) is 0 Å². The molecule has 0 unspecified atom stereocenters. The molecule has 5 nitrogen and oxygen atoms in total. The lowest BCUT2D eigenvalue weighted by Gasteiger charge is -2.30. The number of amides is 1. The second kappa shape index (κ2) is 6.22. The third-order valence-corrected chi connectivity index (χ3v) is 4.05. The molecular formula is C17H20N2O3. The van der Waals surface area contributed by atoms with E-state index in [0.29, 0.717) is 17.4 Å². The molecule has 0 bridgehead atoms. The van der Waals surface area contributed by atoms with E-state index in [-0.39, 0.29) is 5.91 Å². The number of carbonyl (C=O) groups is 1. The Morgan fingerprint density at radius 1 is 1.36 bits per heavy atom. The Labute approximate surface area is 129 Å². The van der Waals surface area contributed by atoms with E-state index >= 15 is 0 Å². The standard InChI is InChI=1S/C17H20N2O3/c1-12-4-3-9-19(11-12)17(20)15-10-16(22-18-15)13-5-7-14(21-2)8-6-13/h5-8,10,12H,3-4,9,11H2,1-2H3/t12-/m1/s1. The van der Waals surface area contributed by atoms with Gasteiger partial charge in [0.2, 0.25) is 0 Å². The van der Waals surface area contributed by atoms with Crippen LogP contribution in [-0.4, -0.2) is 36.2 Å². The second-order valence-electron chi connectivity index (χ2n) is 5.80. The predicted octanol–water partition coefficient (Wildman–Crippen LogP) is 3.22. The molecular weight excluding hydrogens is 280 g/mol. The van der Waals surface area contributed by atoms with Crippen LogP contribution in [0.3, 0.4) is 0 Å². The SMILES string of the molecule is COc1ccc(-c2cc(C(=O)N3CCC[C@@H](C)C3)no2)cc1. The van der Waals surface area contributed by atoms with Gasteiger partial charge in [0, 0.05) is 24.7 Å². The highest BCUT2D eigenvalue weighted by Gasteiger charge is 2.24. The van der Waals surface area contributed by atoms with E-state index in [1.807, 2.05) is 29.2 Å². The minimum absolute atomic E-state index is 0.0462. The minimum Gasteiger partial charge on any atom is -0.497 e. The van der Waals surface area contributed by atoms with Crippen LogP contribution in [-0.2, 0) is 0 Å². The van der Waals surface area contributed by atoms with Crippen molar-refractivity contribution < 1.29 is 14.1 Å². The molecule has 0 N–H and O–H groups in total. The van der Waals surface area contributed by atoms with Crippen molar-refractivity contribution in [1.82, 2.24) is 10.1 Å². The van der Waals surface area contributed by atoms with Crippen LogP contribution in [0.5, 0.6) is 5.75 Å². The molecule has 1 aliphatic heterocycles. The van der Waals surface area contributed by atoms with E-state index in [9.17, 15) is 4.79 Å². The molecule has 1 atom stereocenters. The summed E-state index contributed by atoms with van der Waals surface area (Å²) in [5, 5.41) is 3.94. The first-order valence-corrected chi connectivity index (χ1v) is 7.58. The third kappa shape index (κ3) is 2.98. The van der Waals surface area contributed by atoms with Crippen LogP contribution in [0.1, 0.15) is 30.3 Å². The number of likely N-dealkylation sites (tertiary alicyclic amines) is 1. The molecule has 0 saturated carbocycles. The molecule has 0 radical (unpaired) electrons. The van der Waals surface area contributed by atoms with Crippen molar-refractivity contribution >= 4 is 5.91 Å². The zero-order valence-corrected chi connectivity index (χ0v) is 12.9. The average molecular weight is 300 g/mol. The highest BCUT2D eigenvalue weighted by molar-refractivity contribution is 5.93. The van der Waals surface area contributed by atoms with Crippen molar-refractivity contribution in [3.63, 3.8) is 0 Å². The summed E-state index contributed by atoms with van der Waals surface area (Å²) in [6.07, 6.45) is 2.23. The maximum Gasteiger partial charge on any atom is 0.276 e. The topological polar surface area (TPSA) is 55.6 Å². The number of methoxy groups -OCH3 is 1. The number of nitrogens with zero attached hydrogens (tertiary/aromatic N) is 2. The molecule has 3 rings (SSSR count). The van der Waals surface area contributed by atoms with Crippen LogP contribution in [0, 0.1) is 5.92 Å². The number of piperidine rings is 1. The molecule has 1 aromatic heterocycles. The first-order valence-electron chi connectivity index (χ1n) is 7.58. The van der Waals surface area contributed by atoms with Crippen LogP contribution < -0.4 is 4.74 Å². The van der Waals surface area contributed by atoms with Crippen LogP contribution in [0.15, 0.2) is 34.9 Å².